The monoisotopic (exact) mass is 258 g/mol. The minimum atomic E-state index is -0.0172. The number of ether oxygens (including phenoxy) is 1. The lowest BCUT2D eigenvalue weighted by molar-refractivity contribution is 0.406. The van der Waals surface area contributed by atoms with Crippen LogP contribution < -0.4 is 4.74 Å². The van der Waals surface area contributed by atoms with Crippen molar-refractivity contribution >= 4 is 0 Å². The van der Waals surface area contributed by atoms with Gasteiger partial charge in [-0.3, -0.25) is 0 Å². The van der Waals surface area contributed by atoms with Gasteiger partial charge in [0.05, 0.1) is 7.11 Å². The van der Waals surface area contributed by atoms with Crippen LogP contribution in [0.3, 0.4) is 0 Å². The molecule has 0 spiro atoms. The summed E-state index contributed by atoms with van der Waals surface area (Å²) in [7, 11) is 1.55. The smallest absolute Gasteiger partial charge is 0.127 e. The van der Waals surface area contributed by atoms with E-state index in [9.17, 15) is 15.3 Å². The molecule has 0 bridgehead atoms. The van der Waals surface area contributed by atoms with Gasteiger partial charge in [0.2, 0.25) is 0 Å². The second kappa shape index (κ2) is 4.09. The highest BCUT2D eigenvalue weighted by molar-refractivity contribution is 5.84. The predicted octanol–water partition coefficient (Wildman–Crippen LogP) is 2.58. The van der Waals surface area contributed by atoms with Crippen molar-refractivity contribution < 1.29 is 20.1 Å². The lowest BCUT2D eigenvalue weighted by atomic mass is 9.84. The topological polar surface area (TPSA) is 69.9 Å². The number of hydrogen-bond acceptors (Lipinski definition) is 4. The van der Waals surface area contributed by atoms with Gasteiger partial charge in [0.25, 0.3) is 0 Å². The number of aryl methyl sites for hydroxylation is 2. The zero-order valence-corrected chi connectivity index (χ0v) is 10.5. The largest absolute Gasteiger partial charge is 0.508 e. The molecule has 0 atom stereocenters. The first-order valence-corrected chi connectivity index (χ1v) is 6.05. The molecule has 0 saturated heterocycles. The summed E-state index contributed by atoms with van der Waals surface area (Å²) in [5.74, 6) is 0.693. The molecule has 3 rings (SSSR count). The number of hydrogen-bond donors (Lipinski definition) is 3. The van der Waals surface area contributed by atoms with E-state index >= 15 is 0 Å². The van der Waals surface area contributed by atoms with Gasteiger partial charge in [0.15, 0.2) is 0 Å². The van der Waals surface area contributed by atoms with Crippen LogP contribution in [0.1, 0.15) is 11.1 Å². The van der Waals surface area contributed by atoms with Gasteiger partial charge in [-0.05, 0) is 36.1 Å². The first-order chi connectivity index (χ1) is 9.10. The van der Waals surface area contributed by atoms with E-state index in [1.165, 1.54) is 12.1 Å². The van der Waals surface area contributed by atoms with E-state index in [0.29, 0.717) is 23.3 Å². The summed E-state index contributed by atoms with van der Waals surface area (Å²) >= 11 is 0. The van der Waals surface area contributed by atoms with Crippen LogP contribution in [0.2, 0.25) is 0 Å². The fraction of sp³-hybridized carbons (Fsp3) is 0.200. The minimum absolute atomic E-state index is 0.0172. The molecule has 4 nitrogen and oxygen atoms in total. The van der Waals surface area contributed by atoms with Gasteiger partial charge in [-0.1, -0.05) is 0 Å². The second-order valence-corrected chi connectivity index (χ2v) is 4.68. The van der Waals surface area contributed by atoms with E-state index in [-0.39, 0.29) is 17.2 Å². The molecule has 1 aliphatic rings. The molecule has 2 aromatic carbocycles. The molecule has 1 aliphatic carbocycles. The van der Waals surface area contributed by atoms with Crippen molar-refractivity contribution in [2.45, 2.75) is 12.8 Å². The maximum Gasteiger partial charge on any atom is 0.127 e. The standard InChI is InChI=1S/C15H14O4/c1-19-11-5-9-3-2-8-4-10(16)6-12(17)14(8)15(9)13(18)7-11/h4-7,16-18H,2-3H2,1H3. The molecule has 0 saturated carbocycles. The summed E-state index contributed by atoms with van der Waals surface area (Å²) in [5.41, 5.74) is 2.99. The Morgan fingerprint density at radius 2 is 1.42 bits per heavy atom. The first kappa shape index (κ1) is 11.7. The maximum absolute atomic E-state index is 10.2. The molecule has 4 heteroatoms. The average molecular weight is 258 g/mol. The Balaban J connectivity index is 2.29. The Morgan fingerprint density at radius 3 is 2.05 bits per heavy atom. The van der Waals surface area contributed by atoms with E-state index in [1.807, 2.05) is 6.07 Å². The summed E-state index contributed by atoms with van der Waals surface area (Å²) in [5, 5.41) is 29.7. The van der Waals surface area contributed by atoms with Gasteiger partial charge in [-0.25, -0.2) is 0 Å². The number of phenolic OH excluding ortho intramolecular Hbond substituents is 3. The molecular weight excluding hydrogens is 244 g/mol. The number of phenols is 3. The van der Waals surface area contributed by atoms with Crippen molar-refractivity contribution in [2.75, 3.05) is 7.11 Å². The molecule has 3 N–H and O–H groups in total. The third-order valence-electron chi connectivity index (χ3n) is 3.51. The summed E-state index contributed by atoms with van der Waals surface area (Å²) in [4.78, 5) is 0. The first-order valence-electron chi connectivity index (χ1n) is 6.05. The van der Waals surface area contributed by atoms with Crippen LogP contribution in [0.4, 0.5) is 0 Å². The number of benzene rings is 2. The van der Waals surface area contributed by atoms with Crippen LogP contribution in [0.25, 0.3) is 11.1 Å². The molecule has 0 aliphatic heterocycles. The van der Waals surface area contributed by atoms with E-state index in [2.05, 4.69) is 0 Å². The van der Waals surface area contributed by atoms with Gasteiger partial charge in [0.1, 0.15) is 23.0 Å². The molecule has 2 aromatic rings. The second-order valence-electron chi connectivity index (χ2n) is 4.68. The minimum Gasteiger partial charge on any atom is -0.508 e. The Kier molecular flexibility index (Phi) is 2.52. The fourth-order valence-corrected chi connectivity index (χ4v) is 2.68. The Morgan fingerprint density at radius 1 is 0.842 bits per heavy atom. The normalized spacial score (nSPS) is 12.7. The summed E-state index contributed by atoms with van der Waals surface area (Å²) in [6.07, 6.45) is 1.44. The highest BCUT2D eigenvalue weighted by Gasteiger charge is 2.24. The average Bonchev–Trinajstić information content (AvgIpc) is 2.37. The van der Waals surface area contributed by atoms with Gasteiger partial charge in [0, 0.05) is 23.3 Å². The molecule has 0 fully saturated rings. The Hall–Kier alpha value is -2.36. The number of rotatable bonds is 1. The molecular formula is C15H14O4. The van der Waals surface area contributed by atoms with E-state index in [0.717, 1.165) is 17.5 Å². The lowest BCUT2D eigenvalue weighted by Crippen LogP contribution is -2.05. The number of fused-ring (bicyclic) bond motifs is 3. The van der Waals surface area contributed by atoms with Crippen LogP contribution in [0, 0.1) is 0 Å². The summed E-state index contributed by atoms with van der Waals surface area (Å²) < 4.78 is 5.14. The van der Waals surface area contributed by atoms with Gasteiger partial charge >= 0.3 is 0 Å². The van der Waals surface area contributed by atoms with Gasteiger partial charge in [-0.2, -0.15) is 0 Å². The molecule has 0 radical (unpaired) electrons. The molecule has 0 unspecified atom stereocenters. The van der Waals surface area contributed by atoms with Crippen LogP contribution in [0.15, 0.2) is 24.3 Å². The Bertz CT molecular complexity index is 662. The van der Waals surface area contributed by atoms with Crippen LogP contribution in [-0.2, 0) is 12.8 Å². The van der Waals surface area contributed by atoms with E-state index in [1.54, 1.807) is 13.2 Å². The quantitative estimate of drug-likeness (QED) is 0.735. The highest BCUT2D eigenvalue weighted by Crippen LogP contribution is 2.46. The molecule has 98 valence electrons. The molecule has 0 amide bonds. The summed E-state index contributed by atoms with van der Waals surface area (Å²) in [6, 6.07) is 6.31. The zero-order chi connectivity index (χ0) is 13.6. The van der Waals surface area contributed by atoms with E-state index < -0.39 is 0 Å². The van der Waals surface area contributed by atoms with Crippen molar-refractivity contribution in [1.82, 2.24) is 0 Å². The highest BCUT2D eigenvalue weighted by atomic mass is 16.5. The number of methoxy groups -OCH3 is 1. The van der Waals surface area contributed by atoms with Crippen LogP contribution in [-0.4, -0.2) is 22.4 Å². The predicted molar refractivity (Wildman–Crippen MR) is 70.8 cm³/mol. The molecule has 19 heavy (non-hydrogen) atoms. The fourth-order valence-electron chi connectivity index (χ4n) is 2.68. The number of aromatic hydroxyl groups is 3. The summed E-state index contributed by atoms with van der Waals surface area (Å²) in [6.45, 7) is 0. The van der Waals surface area contributed by atoms with Crippen LogP contribution >= 0.6 is 0 Å². The SMILES string of the molecule is COc1cc(O)c2c(c1)CCc1cc(O)cc(O)c1-2. The maximum atomic E-state index is 10.2. The van der Waals surface area contributed by atoms with Crippen LogP contribution in [0.5, 0.6) is 23.0 Å². The van der Waals surface area contributed by atoms with Crippen molar-refractivity contribution in [1.29, 1.82) is 0 Å². The molecule has 0 heterocycles. The third kappa shape index (κ3) is 1.76. The van der Waals surface area contributed by atoms with Crippen molar-refractivity contribution in [3.8, 4) is 34.1 Å². The van der Waals surface area contributed by atoms with Crippen molar-refractivity contribution in [3.05, 3.63) is 35.4 Å². The zero-order valence-electron chi connectivity index (χ0n) is 10.5. The van der Waals surface area contributed by atoms with Crippen molar-refractivity contribution in [2.24, 2.45) is 0 Å². The van der Waals surface area contributed by atoms with E-state index in [4.69, 9.17) is 4.74 Å². The third-order valence-corrected chi connectivity index (χ3v) is 3.51. The lowest BCUT2D eigenvalue weighted by Gasteiger charge is -2.22. The molecule has 0 aromatic heterocycles. The Labute approximate surface area is 110 Å². The van der Waals surface area contributed by atoms with Gasteiger partial charge in [-0.15, -0.1) is 0 Å². The van der Waals surface area contributed by atoms with Crippen molar-refractivity contribution in [3.63, 3.8) is 0 Å². The van der Waals surface area contributed by atoms with Gasteiger partial charge < -0.3 is 20.1 Å².